The minimum atomic E-state index is -0.505. The molecule has 1 aliphatic carbocycles. The zero-order chi connectivity index (χ0) is 13.5. The van der Waals surface area contributed by atoms with Crippen molar-refractivity contribution in [3.8, 4) is 0 Å². The first-order valence-electron chi connectivity index (χ1n) is 7.40. The van der Waals surface area contributed by atoms with Crippen molar-refractivity contribution in [3.05, 3.63) is 29.8 Å². The van der Waals surface area contributed by atoms with Gasteiger partial charge < -0.3 is 10.0 Å². The summed E-state index contributed by atoms with van der Waals surface area (Å²) in [6.45, 7) is 9.01. The summed E-state index contributed by atoms with van der Waals surface area (Å²) in [5.41, 5.74) is 1.86. The molecule has 1 N–H and O–H groups in total. The highest BCUT2D eigenvalue weighted by atomic mass is 16.3. The molecule has 0 aromatic heterocycles. The van der Waals surface area contributed by atoms with Crippen LogP contribution in [-0.2, 0) is 5.60 Å². The topological polar surface area (TPSA) is 26.7 Å². The number of rotatable bonds is 3. The fourth-order valence-corrected chi connectivity index (χ4v) is 2.89. The van der Waals surface area contributed by atoms with Gasteiger partial charge in [0.05, 0.1) is 5.60 Å². The summed E-state index contributed by atoms with van der Waals surface area (Å²) >= 11 is 0. The van der Waals surface area contributed by atoms with E-state index in [9.17, 15) is 5.11 Å². The Hall–Kier alpha value is -1.06. The van der Waals surface area contributed by atoms with Crippen LogP contribution in [0, 0.1) is 0 Å². The lowest BCUT2D eigenvalue weighted by molar-refractivity contribution is 0.151. The Balaban J connectivity index is 1.64. The molecule has 0 radical (unpaired) electrons. The van der Waals surface area contributed by atoms with Gasteiger partial charge in [-0.05, 0) is 44.4 Å². The molecule has 19 heavy (non-hydrogen) atoms. The van der Waals surface area contributed by atoms with Gasteiger partial charge in [0, 0.05) is 37.9 Å². The maximum Gasteiger partial charge on any atom is 0.0899 e. The molecule has 1 saturated carbocycles. The van der Waals surface area contributed by atoms with E-state index < -0.39 is 5.60 Å². The Kier molecular flexibility index (Phi) is 3.27. The van der Waals surface area contributed by atoms with Crippen molar-refractivity contribution in [2.24, 2.45) is 0 Å². The van der Waals surface area contributed by atoms with Crippen LogP contribution >= 0.6 is 0 Å². The third-order valence-electron chi connectivity index (χ3n) is 4.54. The molecule has 2 aliphatic rings. The van der Waals surface area contributed by atoms with Crippen molar-refractivity contribution in [1.29, 1.82) is 0 Å². The third kappa shape index (κ3) is 2.63. The van der Waals surface area contributed by atoms with Gasteiger partial charge in [-0.2, -0.15) is 0 Å². The quantitative estimate of drug-likeness (QED) is 0.902. The molecule has 1 aromatic rings. The van der Waals surface area contributed by atoms with Gasteiger partial charge in [-0.3, -0.25) is 4.90 Å². The molecular weight excluding hydrogens is 236 g/mol. The molecule has 104 valence electrons. The first-order valence-corrected chi connectivity index (χ1v) is 7.40. The van der Waals surface area contributed by atoms with Crippen LogP contribution in [0.15, 0.2) is 24.3 Å². The van der Waals surface area contributed by atoms with E-state index in [1.807, 2.05) is 0 Å². The molecule has 1 aliphatic heterocycles. The minimum Gasteiger partial charge on any atom is -0.385 e. The molecule has 0 unspecified atom stereocenters. The second kappa shape index (κ2) is 4.80. The fraction of sp³-hybridized carbons (Fsp3) is 0.625. The predicted octanol–water partition coefficient (Wildman–Crippen LogP) is 2.20. The lowest BCUT2D eigenvalue weighted by Gasteiger charge is -2.38. The van der Waals surface area contributed by atoms with Crippen LogP contribution in [0.4, 0.5) is 5.69 Å². The number of nitrogens with zero attached hydrogens (tertiary/aromatic N) is 2. The second-order valence-corrected chi connectivity index (χ2v) is 6.20. The summed E-state index contributed by atoms with van der Waals surface area (Å²) in [6.07, 6.45) is 1.83. The van der Waals surface area contributed by atoms with E-state index in [0.717, 1.165) is 44.6 Å². The van der Waals surface area contributed by atoms with E-state index in [0.29, 0.717) is 6.04 Å². The standard InChI is InChI=1S/C16H24N2O/c1-13(2)17-9-11-18(12-10-17)15-5-3-14(4-6-15)16(19)7-8-16/h3-6,13,19H,7-12H2,1-2H3. The van der Waals surface area contributed by atoms with Crippen LogP contribution < -0.4 is 4.90 Å². The summed E-state index contributed by atoms with van der Waals surface area (Å²) in [4.78, 5) is 4.97. The maximum atomic E-state index is 10.1. The van der Waals surface area contributed by atoms with Gasteiger partial charge in [0.25, 0.3) is 0 Å². The molecule has 3 rings (SSSR count). The third-order valence-corrected chi connectivity index (χ3v) is 4.54. The number of benzene rings is 1. The molecule has 0 amide bonds. The van der Waals surface area contributed by atoms with Gasteiger partial charge in [-0.1, -0.05) is 12.1 Å². The van der Waals surface area contributed by atoms with Crippen LogP contribution in [-0.4, -0.2) is 42.2 Å². The number of hydrogen-bond acceptors (Lipinski definition) is 3. The molecule has 3 nitrogen and oxygen atoms in total. The number of hydrogen-bond donors (Lipinski definition) is 1. The lowest BCUT2D eigenvalue weighted by atomic mass is 10.1. The summed E-state index contributed by atoms with van der Waals surface area (Å²) in [5, 5.41) is 10.1. The maximum absolute atomic E-state index is 10.1. The highest BCUT2D eigenvalue weighted by Crippen LogP contribution is 2.45. The highest BCUT2D eigenvalue weighted by Gasteiger charge is 2.41. The van der Waals surface area contributed by atoms with E-state index >= 15 is 0 Å². The Morgan fingerprint density at radius 2 is 1.58 bits per heavy atom. The van der Waals surface area contributed by atoms with Crippen LogP contribution in [0.25, 0.3) is 0 Å². The van der Waals surface area contributed by atoms with E-state index in [-0.39, 0.29) is 0 Å². The van der Waals surface area contributed by atoms with Crippen molar-refractivity contribution < 1.29 is 5.11 Å². The Morgan fingerprint density at radius 3 is 2.05 bits per heavy atom. The van der Waals surface area contributed by atoms with E-state index in [1.165, 1.54) is 5.69 Å². The minimum absolute atomic E-state index is 0.505. The average Bonchev–Trinajstić information content (AvgIpc) is 3.18. The van der Waals surface area contributed by atoms with Crippen molar-refractivity contribution in [3.63, 3.8) is 0 Å². The monoisotopic (exact) mass is 260 g/mol. The van der Waals surface area contributed by atoms with Crippen molar-refractivity contribution >= 4 is 5.69 Å². The van der Waals surface area contributed by atoms with Crippen molar-refractivity contribution in [2.45, 2.75) is 38.3 Å². The smallest absolute Gasteiger partial charge is 0.0899 e. The first-order chi connectivity index (χ1) is 9.08. The number of anilines is 1. The van der Waals surface area contributed by atoms with Crippen LogP contribution in [0.1, 0.15) is 32.3 Å². The Bertz CT molecular complexity index is 429. The van der Waals surface area contributed by atoms with E-state index in [4.69, 9.17) is 0 Å². The molecule has 1 heterocycles. The molecule has 0 atom stereocenters. The van der Waals surface area contributed by atoms with Crippen molar-refractivity contribution in [1.82, 2.24) is 4.90 Å². The van der Waals surface area contributed by atoms with Gasteiger partial charge in [-0.25, -0.2) is 0 Å². The number of piperazine rings is 1. The van der Waals surface area contributed by atoms with Gasteiger partial charge in [0.15, 0.2) is 0 Å². The molecule has 1 saturated heterocycles. The highest BCUT2D eigenvalue weighted by molar-refractivity contribution is 5.49. The predicted molar refractivity (Wildman–Crippen MR) is 78.5 cm³/mol. The summed E-state index contributed by atoms with van der Waals surface area (Å²) < 4.78 is 0. The summed E-state index contributed by atoms with van der Waals surface area (Å²) in [6, 6.07) is 9.16. The zero-order valence-electron chi connectivity index (χ0n) is 12.0. The van der Waals surface area contributed by atoms with Crippen LogP contribution in [0.3, 0.4) is 0 Å². The van der Waals surface area contributed by atoms with Gasteiger partial charge in [0.1, 0.15) is 0 Å². The Labute approximate surface area is 115 Å². The van der Waals surface area contributed by atoms with E-state index in [1.54, 1.807) is 0 Å². The molecule has 3 heteroatoms. The first kappa shape index (κ1) is 12.9. The SMILES string of the molecule is CC(C)N1CCN(c2ccc(C3(O)CC3)cc2)CC1. The summed E-state index contributed by atoms with van der Waals surface area (Å²) in [7, 11) is 0. The molecule has 1 aromatic carbocycles. The molecule has 2 fully saturated rings. The molecular formula is C16H24N2O. The van der Waals surface area contributed by atoms with Crippen LogP contribution in [0.5, 0.6) is 0 Å². The van der Waals surface area contributed by atoms with Gasteiger partial charge in [-0.15, -0.1) is 0 Å². The van der Waals surface area contributed by atoms with Gasteiger partial charge >= 0.3 is 0 Å². The van der Waals surface area contributed by atoms with Gasteiger partial charge in [0.2, 0.25) is 0 Å². The normalized spacial score (nSPS) is 22.8. The van der Waals surface area contributed by atoms with Crippen molar-refractivity contribution in [2.75, 3.05) is 31.1 Å². The zero-order valence-corrected chi connectivity index (χ0v) is 12.0. The molecule has 0 spiro atoms. The van der Waals surface area contributed by atoms with E-state index in [2.05, 4.69) is 47.9 Å². The molecule has 0 bridgehead atoms. The largest absolute Gasteiger partial charge is 0.385 e. The fourth-order valence-electron chi connectivity index (χ4n) is 2.89. The van der Waals surface area contributed by atoms with Crippen LogP contribution in [0.2, 0.25) is 0 Å². The lowest BCUT2D eigenvalue weighted by Crippen LogP contribution is -2.48. The average molecular weight is 260 g/mol. The summed E-state index contributed by atoms with van der Waals surface area (Å²) in [5.74, 6) is 0. The number of aliphatic hydroxyl groups is 1. The second-order valence-electron chi connectivity index (χ2n) is 6.20. The Morgan fingerprint density at radius 1 is 1.00 bits per heavy atom.